The summed E-state index contributed by atoms with van der Waals surface area (Å²) in [5.41, 5.74) is 4.85. The van der Waals surface area contributed by atoms with Crippen LogP contribution in [0.1, 0.15) is 0 Å². The molecule has 0 saturated carbocycles. The molecule has 0 fully saturated rings. The van der Waals surface area contributed by atoms with Crippen LogP contribution in [0, 0.1) is 0 Å². The molecular formula is C6H11I2NO3. The van der Waals surface area contributed by atoms with Gasteiger partial charge >= 0.3 is 0 Å². The summed E-state index contributed by atoms with van der Waals surface area (Å²) in [5.74, 6) is -0.448. The first-order chi connectivity index (χ1) is 5.63. The molecule has 0 radical (unpaired) electrons. The molecule has 12 heavy (non-hydrogen) atoms. The van der Waals surface area contributed by atoms with Crippen molar-refractivity contribution in [3.8, 4) is 0 Å². The Balaban J connectivity index is 2.96. The van der Waals surface area contributed by atoms with E-state index in [1.807, 2.05) is 0 Å². The number of halogens is 2. The Labute approximate surface area is 98.8 Å². The van der Waals surface area contributed by atoms with Crippen molar-refractivity contribution >= 4 is 51.1 Å². The van der Waals surface area contributed by atoms with E-state index < -0.39 is 5.91 Å². The van der Waals surface area contributed by atoms with Crippen LogP contribution in [0.3, 0.4) is 0 Å². The molecule has 6 heteroatoms. The number of primary amides is 1. The molecule has 1 amide bonds. The highest BCUT2D eigenvalue weighted by Crippen LogP contribution is 2.08. The fraction of sp³-hybridized carbons (Fsp3) is 0.833. The molecule has 0 aliphatic rings. The number of carbonyl (C=O) groups is 1. The van der Waals surface area contributed by atoms with Crippen molar-refractivity contribution in [2.24, 2.45) is 5.73 Å². The van der Waals surface area contributed by atoms with Crippen LogP contribution in [0.5, 0.6) is 0 Å². The molecule has 0 aliphatic heterocycles. The average Bonchev–Trinajstić information content (AvgIpc) is 1.95. The summed E-state index contributed by atoms with van der Waals surface area (Å²) in [6, 6.07) is 0. The van der Waals surface area contributed by atoms with Crippen molar-refractivity contribution < 1.29 is 14.3 Å². The van der Waals surface area contributed by atoms with Crippen molar-refractivity contribution in [3.63, 3.8) is 0 Å². The van der Waals surface area contributed by atoms with Crippen LogP contribution in [-0.4, -0.2) is 34.3 Å². The molecule has 2 N–H and O–H groups in total. The third-order valence-electron chi connectivity index (χ3n) is 0.860. The molecule has 4 nitrogen and oxygen atoms in total. The van der Waals surface area contributed by atoms with Gasteiger partial charge in [-0.1, -0.05) is 45.2 Å². The Morgan fingerprint density at radius 2 is 1.92 bits per heavy atom. The maximum Gasteiger partial charge on any atom is 0.243 e. The van der Waals surface area contributed by atoms with Gasteiger partial charge in [-0.2, -0.15) is 0 Å². The van der Waals surface area contributed by atoms with Crippen LogP contribution in [0.4, 0.5) is 0 Å². The second-order valence-electron chi connectivity index (χ2n) is 1.98. The number of hydrogen-bond donors (Lipinski definition) is 1. The van der Waals surface area contributed by atoms with Crippen LogP contribution >= 0.6 is 45.2 Å². The van der Waals surface area contributed by atoms with Crippen LogP contribution < -0.4 is 5.73 Å². The van der Waals surface area contributed by atoms with Crippen LogP contribution in [0.2, 0.25) is 0 Å². The Morgan fingerprint density at radius 1 is 1.33 bits per heavy atom. The van der Waals surface area contributed by atoms with Crippen molar-refractivity contribution in [2.75, 3.05) is 26.4 Å². The lowest BCUT2D eigenvalue weighted by Gasteiger charge is -2.04. The van der Waals surface area contributed by atoms with Gasteiger partial charge in [0.2, 0.25) is 5.91 Å². The predicted molar refractivity (Wildman–Crippen MR) is 62.7 cm³/mol. The first-order valence-electron chi connectivity index (χ1n) is 3.35. The number of rotatable bonds is 7. The van der Waals surface area contributed by atoms with Crippen molar-refractivity contribution in [1.82, 2.24) is 0 Å². The topological polar surface area (TPSA) is 61.6 Å². The van der Waals surface area contributed by atoms with Gasteiger partial charge in [-0.25, -0.2) is 0 Å². The molecule has 0 aromatic heterocycles. The second-order valence-corrected chi connectivity index (χ2v) is 7.38. The third-order valence-corrected chi connectivity index (χ3v) is 1.58. The zero-order valence-electron chi connectivity index (χ0n) is 6.46. The van der Waals surface area contributed by atoms with Crippen LogP contribution in [-0.2, 0) is 14.3 Å². The summed E-state index contributed by atoms with van der Waals surface area (Å²) in [5, 5.41) is 0. The van der Waals surface area contributed by atoms with E-state index in [1.165, 1.54) is 0 Å². The van der Waals surface area contributed by atoms with Gasteiger partial charge in [0.1, 0.15) is 6.61 Å². The monoisotopic (exact) mass is 399 g/mol. The second kappa shape index (κ2) is 8.45. The van der Waals surface area contributed by atoms with E-state index in [1.54, 1.807) is 0 Å². The van der Waals surface area contributed by atoms with E-state index in [0.29, 0.717) is 21.8 Å². The zero-order valence-corrected chi connectivity index (χ0v) is 10.8. The molecule has 0 unspecified atom stereocenters. The number of carbonyl (C=O) groups excluding carboxylic acids is 1. The van der Waals surface area contributed by atoms with Crippen LogP contribution in [0.15, 0.2) is 0 Å². The fourth-order valence-corrected chi connectivity index (χ4v) is 0.972. The van der Waals surface area contributed by atoms with Gasteiger partial charge in [-0.15, -0.1) is 0 Å². The number of amides is 1. The summed E-state index contributed by atoms with van der Waals surface area (Å²) < 4.78 is 10.5. The minimum Gasteiger partial charge on any atom is -0.377 e. The summed E-state index contributed by atoms with van der Waals surface area (Å²) in [7, 11) is 0. The number of hydrogen-bond acceptors (Lipinski definition) is 3. The van der Waals surface area contributed by atoms with Gasteiger partial charge in [0, 0.05) is 0 Å². The molecule has 0 atom stereocenters. The van der Waals surface area contributed by atoms with Crippen molar-refractivity contribution in [1.29, 1.82) is 0 Å². The average molecular weight is 399 g/mol. The first kappa shape index (κ1) is 12.8. The summed E-state index contributed by atoms with van der Waals surface area (Å²) in [6.07, 6.45) is 0. The Morgan fingerprint density at radius 3 is 2.42 bits per heavy atom. The third kappa shape index (κ3) is 10.8. The van der Waals surface area contributed by atoms with Crippen molar-refractivity contribution in [2.45, 2.75) is 1.93 Å². The van der Waals surface area contributed by atoms with Crippen LogP contribution in [0.25, 0.3) is 0 Å². The quantitative estimate of drug-likeness (QED) is 0.390. The van der Waals surface area contributed by atoms with E-state index in [0.717, 1.165) is 0 Å². The summed E-state index contributed by atoms with van der Waals surface area (Å²) in [4.78, 5) is 10.2. The SMILES string of the molecule is NC(=O)COCCOCC(I)I. The standard InChI is InChI=1S/C6H11I2NO3/c7-5(8)3-11-1-2-12-4-6(9)10/h5H,1-4H2,(H2,9,10). The largest absolute Gasteiger partial charge is 0.377 e. The minimum absolute atomic E-state index is 0.0265. The van der Waals surface area contributed by atoms with Gasteiger partial charge in [-0.05, 0) is 0 Å². The van der Waals surface area contributed by atoms with Gasteiger partial charge in [0.05, 0.1) is 21.8 Å². The Bertz CT molecular complexity index is 132. The number of ether oxygens (including phenoxy) is 2. The molecule has 0 saturated heterocycles. The van der Waals surface area contributed by atoms with E-state index in [4.69, 9.17) is 15.2 Å². The Hall–Kier alpha value is 0.850. The van der Waals surface area contributed by atoms with E-state index >= 15 is 0 Å². The van der Waals surface area contributed by atoms with Gasteiger partial charge in [-0.3, -0.25) is 4.79 Å². The molecule has 0 bridgehead atoms. The molecule has 0 rings (SSSR count). The zero-order chi connectivity index (χ0) is 9.40. The Kier molecular flexibility index (Phi) is 9.05. The molecule has 0 heterocycles. The predicted octanol–water partition coefficient (Wildman–Crippen LogP) is 0.701. The molecule has 0 aromatic rings. The summed E-state index contributed by atoms with van der Waals surface area (Å²) in [6.45, 7) is 1.60. The molecule has 0 aromatic carbocycles. The van der Waals surface area contributed by atoms with Gasteiger partial charge in [0.15, 0.2) is 0 Å². The fourth-order valence-electron chi connectivity index (χ4n) is 0.463. The molecule has 72 valence electrons. The summed E-state index contributed by atoms with van der Waals surface area (Å²) >= 11 is 4.52. The highest BCUT2D eigenvalue weighted by atomic mass is 127. The highest BCUT2D eigenvalue weighted by Gasteiger charge is 1.97. The maximum atomic E-state index is 10.2. The van der Waals surface area contributed by atoms with E-state index in [-0.39, 0.29) is 6.61 Å². The minimum atomic E-state index is -0.448. The lowest BCUT2D eigenvalue weighted by Crippen LogP contribution is -2.20. The molecule has 0 aliphatic carbocycles. The first-order valence-corrected chi connectivity index (χ1v) is 5.84. The van der Waals surface area contributed by atoms with E-state index in [2.05, 4.69) is 45.2 Å². The number of nitrogens with two attached hydrogens (primary N) is 1. The van der Waals surface area contributed by atoms with Crippen molar-refractivity contribution in [3.05, 3.63) is 0 Å². The van der Waals surface area contributed by atoms with E-state index in [9.17, 15) is 4.79 Å². The maximum absolute atomic E-state index is 10.2. The van der Waals surface area contributed by atoms with Gasteiger partial charge in [0.25, 0.3) is 0 Å². The number of alkyl halides is 2. The smallest absolute Gasteiger partial charge is 0.243 e. The molecule has 0 spiro atoms. The molecular weight excluding hydrogens is 388 g/mol. The van der Waals surface area contributed by atoms with Gasteiger partial charge < -0.3 is 15.2 Å². The lowest BCUT2D eigenvalue weighted by atomic mass is 10.7. The normalized spacial score (nSPS) is 10.6. The lowest BCUT2D eigenvalue weighted by molar-refractivity contribution is -0.123. The highest BCUT2D eigenvalue weighted by molar-refractivity contribution is 14.2.